The van der Waals surface area contributed by atoms with Crippen molar-refractivity contribution < 1.29 is 27.8 Å². The highest BCUT2D eigenvalue weighted by atomic mass is 19.3. The molecule has 1 aromatic carbocycles. The molecule has 0 radical (unpaired) electrons. The van der Waals surface area contributed by atoms with Crippen molar-refractivity contribution in [3.8, 4) is 11.5 Å². The monoisotopic (exact) mass is 313 g/mol. The van der Waals surface area contributed by atoms with E-state index in [9.17, 15) is 8.78 Å². The predicted octanol–water partition coefficient (Wildman–Crippen LogP) is 2.97. The minimum absolute atomic E-state index is 0.00143. The Balaban J connectivity index is 1.78. The van der Waals surface area contributed by atoms with Crippen LogP contribution in [0.5, 0.6) is 11.5 Å². The zero-order valence-corrected chi connectivity index (χ0v) is 12.2. The second kappa shape index (κ2) is 6.08. The Morgan fingerprint density at radius 2 is 2.00 bits per heavy atom. The molecule has 1 fully saturated rings. The van der Waals surface area contributed by atoms with Gasteiger partial charge >= 0.3 is 6.61 Å². The molecule has 1 saturated heterocycles. The second-order valence-electron chi connectivity index (χ2n) is 5.35. The molecule has 2 aliphatic rings. The second-order valence-corrected chi connectivity index (χ2v) is 5.35. The molecule has 5 nitrogen and oxygen atoms in total. The molecule has 0 N–H and O–H groups in total. The van der Waals surface area contributed by atoms with Gasteiger partial charge in [-0.3, -0.25) is 0 Å². The number of hydrogen-bond acceptors (Lipinski definition) is 5. The Labute approximate surface area is 126 Å². The topological polar surface area (TPSA) is 49.3 Å². The van der Waals surface area contributed by atoms with E-state index in [0.29, 0.717) is 19.6 Å². The number of alkyl halides is 2. The minimum atomic E-state index is -2.89. The van der Waals surface area contributed by atoms with Gasteiger partial charge in [-0.25, -0.2) is 0 Å². The first-order chi connectivity index (χ1) is 10.6. The third-order valence-corrected chi connectivity index (χ3v) is 3.96. The standard InChI is InChI=1S/C15H17F2NO4/c1-19-13-8-10(2-3-12(13)21-14(16)17)11-9-15(22-18-11)4-6-20-7-5-15/h2-3,8,14H,4-7,9H2,1H3. The first-order valence-corrected chi connectivity index (χ1v) is 7.08. The molecule has 7 heteroatoms. The lowest BCUT2D eigenvalue weighted by molar-refractivity contribution is -0.0919. The number of ether oxygens (including phenoxy) is 3. The number of methoxy groups -OCH3 is 1. The molecule has 0 bridgehead atoms. The molecule has 0 saturated carbocycles. The van der Waals surface area contributed by atoms with Gasteiger partial charge in [0.05, 0.1) is 26.0 Å². The summed E-state index contributed by atoms with van der Waals surface area (Å²) >= 11 is 0. The van der Waals surface area contributed by atoms with Gasteiger partial charge in [0.15, 0.2) is 11.5 Å². The molecular formula is C15H17F2NO4. The largest absolute Gasteiger partial charge is 0.493 e. The molecule has 0 unspecified atom stereocenters. The molecule has 0 aromatic heterocycles. The Morgan fingerprint density at radius 1 is 1.23 bits per heavy atom. The van der Waals surface area contributed by atoms with Crippen molar-refractivity contribution in [3.05, 3.63) is 23.8 Å². The van der Waals surface area contributed by atoms with Gasteiger partial charge in [-0.2, -0.15) is 8.78 Å². The average molecular weight is 313 g/mol. The number of benzene rings is 1. The molecule has 1 spiro atoms. The molecule has 3 rings (SSSR count). The lowest BCUT2D eigenvalue weighted by atomic mass is 9.87. The Bertz CT molecular complexity index is 571. The van der Waals surface area contributed by atoms with Crippen molar-refractivity contribution in [1.82, 2.24) is 0 Å². The van der Waals surface area contributed by atoms with E-state index < -0.39 is 6.61 Å². The Hall–Kier alpha value is -1.89. The normalized spacial score (nSPS) is 19.9. The number of oxime groups is 1. The van der Waals surface area contributed by atoms with Crippen LogP contribution in [0, 0.1) is 0 Å². The van der Waals surface area contributed by atoms with Crippen LogP contribution < -0.4 is 9.47 Å². The third-order valence-electron chi connectivity index (χ3n) is 3.96. The fourth-order valence-electron chi connectivity index (χ4n) is 2.73. The van der Waals surface area contributed by atoms with Crippen LogP contribution in [-0.2, 0) is 9.57 Å². The lowest BCUT2D eigenvalue weighted by Gasteiger charge is -2.30. The van der Waals surface area contributed by atoms with E-state index in [1.165, 1.54) is 13.2 Å². The van der Waals surface area contributed by atoms with E-state index in [2.05, 4.69) is 9.89 Å². The smallest absolute Gasteiger partial charge is 0.387 e. The van der Waals surface area contributed by atoms with Crippen LogP contribution >= 0.6 is 0 Å². The summed E-state index contributed by atoms with van der Waals surface area (Å²) in [5.74, 6) is 0.245. The van der Waals surface area contributed by atoms with Crippen LogP contribution in [0.4, 0.5) is 8.78 Å². The van der Waals surface area contributed by atoms with Gasteiger partial charge in [-0.05, 0) is 18.2 Å². The van der Waals surface area contributed by atoms with E-state index >= 15 is 0 Å². The van der Waals surface area contributed by atoms with Crippen LogP contribution in [0.3, 0.4) is 0 Å². The van der Waals surface area contributed by atoms with Gasteiger partial charge in [0.2, 0.25) is 0 Å². The molecule has 1 aromatic rings. The van der Waals surface area contributed by atoms with Gasteiger partial charge in [-0.1, -0.05) is 5.16 Å². The van der Waals surface area contributed by atoms with Crippen molar-refractivity contribution in [3.63, 3.8) is 0 Å². The summed E-state index contributed by atoms with van der Waals surface area (Å²) in [6.07, 6.45) is 2.27. The zero-order valence-electron chi connectivity index (χ0n) is 12.2. The lowest BCUT2D eigenvalue weighted by Crippen LogP contribution is -2.36. The summed E-state index contributed by atoms with van der Waals surface area (Å²) in [7, 11) is 1.41. The van der Waals surface area contributed by atoms with E-state index in [4.69, 9.17) is 14.3 Å². The fraction of sp³-hybridized carbons (Fsp3) is 0.533. The maximum atomic E-state index is 12.3. The maximum Gasteiger partial charge on any atom is 0.387 e. The molecule has 0 atom stereocenters. The van der Waals surface area contributed by atoms with Crippen LogP contribution in [0.2, 0.25) is 0 Å². The van der Waals surface area contributed by atoms with Crippen molar-refractivity contribution in [2.24, 2.45) is 5.16 Å². The summed E-state index contributed by atoms with van der Waals surface area (Å²) in [5.41, 5.74) is 1.27. The third kappa shape index (κ3) is 2.99. The molecular weight excluding hydrogens is 296 g/mol. The van der Waals surface area contributed by atoms with Crippen molar-refractivity contribution in [2.45, 2.75) is 31.5 Å². The van der Waals surface area contributed by atoms with E-state index in [1.54, 1.807) is 12.1 Å². The van der Waals surface area contributed by atoms with Gasteiger partial charge < -0.3 is 19.0 Å². The number of nitrogens with zero attached hydrogens (tertiary/aromatic N) is 1. The van der Waals surface area contributed by atoms with Gasteiger partial charge in [-0.15, -0.1) is 0 Å². The molecule has 120 valence electrons. The van der Waals surface area contributed by atoms with Crippen LogP contribution in [-0.4, -0.2) is 38.2 Å². The van der Waals surface area contributed by atoms with Crippen molar-refractivity contribution >= 4 is 5.71 Å². The average Bonchev–Trinajstić information content (AvgIpc) is 2.91. The zero-order chi connectivity index (χ0) is 15.6. The van der Waals surface area contributed by atoms with Crippen molar-refractivity contribution in [1.29, 1.82) is 0 Å². The van der Waals surface area contributed by atoms with Gasteiger partial charge in [0, 0.05) is 24.8 Å². The number of halogens is 2. The highest BCUT2D eigenvalue weighted by Gasteiger charge is 2.41. The summed E-state index contributed by atoms with van der Waals surface area (Å²) < 4.78 is 39.6. The SMILES string of the molecule is COc1cc(C2=NOC3(CCOCC3)C2)ccc1OC(F)F. The molecule has 2 aliphatic heterocycles. The van der Waals surface area contributed by atoms with Crippen molar-refractivity contribution in [2.75, 3.05) is 20.3 Å². The van der Waals surface area contributed by atoms with Gasteiger partial charge in [0.1, 0.15) is 5.60 Å². The summed E-state index contributed by atoms with van der Waals surface area (Å²) in [6.45, 7) is -1.57. The first kappa shape index (κ1) is 15.0. The molecule has 0 aliphatic carbocycles. The quantitative estimate of drug-likeness (QED) is 0.857. The van der Waals surface area contributed by atoms with Crippen LogP contribution in [0.15, 0.2) is 23.4 Å². The summed E-state index contributed by atoms with van der Waals surface area (Å²) in [6, 6.07) is 4.77. The molecule has 2 heterocycles. The summed E-state index contributed by atoms with van der Waals surface area (Å²) in [5, 5.41) is 4.17. The Morgan fingerprint density at radius 3 is 2.68 bits per heavy atom. The van der Waals surface area contributed by atoms with Crippen LogP contribution in [0.1, 0.15) is 24.8 Å². The Kier molecular flexibility index (Phi) is 4.15. The molecule has 0 amide bonds. The highest BCUT2D eigenvalue weighted by Crippen LogP contribution is 2.37. The van der Waals surface area contributed by atoms with Crippen LogP contribution in [0.25, 0.3) is 0 Å². The summed E-state index contributed by atoms with van der Waals surface area (Å²) in [4.78, 5) is 5.63. The number of hydrogen-bond donors (Lipinski definition) is 0. The van der Waals surface area contributed by atoms with E-state index in [0.717, 1.165) is 24.1 Å². The first-order valence-electron chi connectivity index (χ1n) is 7.08. The number of rotatable bonds is 4. The predicted molar refractivity (Wildman–Crippen MR) is 74.6 cm³/mol. The van der Waals surface area contributed by atoms with E-state index in [1.807, 2.05) is 0 Å². The van der Waals surface area contributed by atoms with Gasteiger partial charge in [0.25, 0.3) is 0 Å². The minimum Gasteiger partial charge on any atom is -0.493 e. The van der Waals surface area contributed by atoms with E-state index in [-0.39, 0.29) is 17.1 Å². The fourth-order valence-corrected chi connectivity index (χ4v) is 2.73. The maximum absolute atomic E-state index is 12.3. The molecule has 22 heavy (non-hydrogen) atoms. The highest BCUT2D eigenvalue weighted by molar-refractivity contribution is 6.02.